The molecule has 1 aromatic carbocycles. The number of allylic oxidation sites excluding steroid dienone is 1. The zero-order chi connectivity index (χ0) is 10.7. The third-order valence-corrected chi connectivity index (χ3v) is 2.48. The third-order valence-electron chi connectivity index (χ3n) is 2.48. The van der Waals surface area contributed by atoms with Crippen molar-refractivity contribution in [2.75, 3.05) is 6.61 Å². The Bertz CT molecular complexity index is 376. The molecule has 15 heavy (non-hydrogen) atoms. The molecule has 0 saturated carbocycles. The molecule has 1 heterocycles. The van der Waals surface area contributed by atoms with E-state index in [0.29, 0.717) is 6.61 Å². The van der Waals surface area contributed by atoms with Crippen LogP contribution in [0.4, 0.5) is 4.39 Å². The predicted octanol–water partition coefficient (Wildman–Crippen LogP) is 2.52. The molecule has 2 rings (SSSR count). The van der Waals surface area contributed by atoms with E-state index in [4.69, 9.17) is 10.5 Å². The highest BCUT2D eigenvalue weighted by Gasteiger charge is 2.15. The lowest BCUT2D eigenvalue weighted by atomic mass is 10.0. The Morgan fingerprint density at radius 3 is 2.93 bits per heavy atom. The largest absolute Gasteiger partial charge is 0.496 e. The van der Waals surface area contributed by atoms with E-state index >= 15 is 0 Å². The van der Waals surface area contributed by atoms with Gasteiger partial charge in [0.05, 0.1) is 12.6 Å². The van der Waals surface area contributed by atoms with Crippen molar-refractivity contribution in [2.45, 2.75) is 18.9 Å². The van der Waals surface area contributed by atoms with Gasteiger partial charge >= 0.3 is 0 Å². The van der Waals surface area contributed by atoms with Crippen LogP contribution in [-0.2, 0) is 4.74 Å². The lowest BCUT2D eigenvalue weighted by molar-refractivity contribution is 0.176. The second kappa shape index (κ2) is 4.45. The van der Waals surface area contributed by atoms with Gasteiger partial charge < -0.3 is 10.5 Å². The Hall–Kier alpha value is -1.35. The van der Waals surface area contributed by atoms with E-state index in [9.17, 15) is 4.39 Å². The highest BCUT2D eigenvalue weighted by atomic mass is 19.1. The van der Waals surface area contributed by atoms with Crippen molar-refractivity contribution in [3.8, 4) is 0 Å². The van der Waals surface area contributed by atoms with E-state index in [2.05, 4.69) is 0 Å². The van der Waals surface area contributed by atoms with Crippen LogP contribution in [0.25, 0.3) is 0 Å². The average molecular weight is 207 g/mol. The van der Waals surface area contributed by atoms with Gasteiger partial charge in [0.1, 0.15) is 11.6 Å². The van der Waals surface area contributed by atoms with Gasteiger partial charge in [0, 0.05) is 0 Å². The van der Waals surface area contributed by atoms with Crippen molar-refractivity contribution in [1.29, 1.82) is 0 Å². The lowest BCUT2D eigenvalue weighted by Gasteiger charge is -2.20. The maximum absolute atomic E-state index is 13.0. The van der Waals surface area contributed by atoms with Crippen LogP contribution in [-0.4, -0.2) is 6.61 Å². The average Bonchev–Trinajstić information content (AvgIpc) is 2.29. The first-order valence-electron chi connectivity index (χ1n) is 5.11. The zero-order valence-corrected chi connectivity index (χ0v) is 8.45. The van der Waals surface area contributed by atoms with Gasteiger partial charge in [0.25, 0.3) is 0 Å². The number of ether oxygens (including phenoxy) is 1. The molecule has 2 nitrogen and oxygen atoms in total. The van der Waals surface area contributed by atoms with Crippen LogP contribution in [0.1, 0.15) is 24.4 Å². The quantitative estimate of drug-likeness (QED) is 0.808. The molecule has 1 unspecified atom stereocenters. The molecule has 1 aliphatic heterocycles. The van der Waals surface area contributed by atoms with Crippen LogP contribution < -0.4 is 5.73 Å². The van der Waals surface area contributed by atoms with Gasteiger partial charge in [0.15, 0.2) is 0 Å². The fraction of sp³-hybridized carbons (Fsp3) is 0.333. The van der Waals surface area contributed by atoms with Crippen LogP contribution in [0.15, 0.2) is 36.1 Å². The summed E-state index contributed by atoms with van der Waals surface area (Å²) in [6.07, 6.45) is 4.00. The smallest absolute Gasteiger partial charge is 0.123 e. The highest BCUT2D eigenvalue weighted by Crippen LogP contribution is 2.23. The first-order chi connectivity index (χ1) is 7.27. The van der Waals surface area contributed by atoms with Crippen LogP contribution >= 0.6 is 0 Å². The number of rotatable bonds is 2. The molecule has 3 heteroatoms. The zero-order valence-electron chi connectivity index (χ0n) is 8.45. The van der Waals surface area contributed by atoms with E-state index < -0.39 is 0 Å². The monoisotopic (exact) mass is 207 g/mol. The van der Waals surface area contributed by atoms with Crippen LogP contribution in [0, 0.1) is 5.82 Å². The lowest BCUT2D eigenvalue weighted by Crippen LogP contribution is -2.17. The van der Waals surface area contributed by atoms with Gasteiger partial charge in [-0.2, -0.15) is 0 Å². The Kier molecular flexibility index (Phi) is 3.02. The molecule has 1 aliphatic rings. The Labute approximate surface area is 88.5 Å². The molecule has 0 aliphatic carbocycles. The topological polar surface area (TPSA) is 35.2 Å². The van der Waals surface area contributed by atoms with Gasteiger partial charge in [-0.1, -0.05) is 12.1 Å². The van der Waals surface area contributed by atoms with Gasteiger partial charge in [-0.3, -0.25) is 0 Å². The molecule has 0 radical (unpaired) electrons. The first-order valence-corrected chi connectivity index (χ1v) is 5.11. The molecule has 0 spiro atoms. The van der Waals surface area contributed by atoms with Gasteiger partial charge in [-0.25, -0.2) is 4.39 Å². The molecule has 80 valence electrons. The maximum Gasteiger partial charge on any atom is 0.123 e. The maximum atomic E-state index is 13.0. The summed E-state index contributed by atoms with van der Waals surface area (Å²) >= 11 is 0. The molecule has 2 N–H and O–H groups in total. The second-order valence-electron chi connectivity index (χ2n) is 3.63. The summed E-state index contributed by atoms with van der Waals surface area (Å²) in [4.78, 5) is 0. The van der Waals surface area contributed by atoms with Gasteiger partial charge in [-0.05, 0) is 36.6 Å². The van der Waals surface area contributed by atoms with Crippen molar-refractivity contribution in [3.05, 3.63) is 47.5 Å². The normalized spacial score (nSPS) is 17.9. The molecular formula is C12H14FNO. The summed E-state index contributed by atoms with van der Waals surface area (Å²) in [6.45, 7) is 0.703. The number of nitrogens with two attached hydrogens (primary N) is 1. The number of halogens is 1. The summed E-state index contributed by atoms with van der Waals surface area (Å²) in [7, 11) is 0. The van der Waals surface area contributed by atoms with E-state index in [1.54, 1.807) is 6.07 Å². The van der Waals surface area contributed by atoms with Crippen molar-refractivity contribution >= 4 is 0 Å². The summed E-state index contributed by atoms with van der Waals surface area (Å²) in [5, 5.41) is 0. The van der Waals surface area contributed by atoms with Crippen molar-refractivity contribution in [2.24, 2.45) is 5.73 Å². The van der Waals surface area contributed by atoms with E-state index in [-0.39, 0.29) is 11.9 Å². The minimum atomic E-state index is -0.346. The molecule has 1 atom stereocenters. The van der Waals surface area contributed by atoms with Crippen molar-refractivity contribution in [1.82, 2.24) is 0 Å². The minimum absolute atomic E-state index is 0.264. The SMILES string of the molecule is NC(C1=CCCCO1)c1cccc(F)c1. The summed E-state index contributed by atoms with van der Waals surface area (Å²) in [5.41, 5.74) is 6.73. The molecule has 0 aromatic heterocycles. The molecule has 0 saturated heterocycles. The number of benzene rings is 1. The van der Waals surface area contributed by atoms with Gasteiger partial charge in [0.2, 0.25) is 0 Å². The fourth-order valence-corrected chi connectivity index (χ4v) is 1.66. The highest BCUT2D eigenvalue weighted by molar-refractivity contribution is 5.26. The summed E-state index contributed by atoms with van der Waals surface area (Å²) < 4.78 is 18.4. The van der Waals surface area contributed by atoms with E-state index in [1.807, 2.05) is 12.1 Å². The number of hydrogen-bond acceptors (Lipinski definition) is 2. The Morgan fingerprint density at radius 1 is 1.40 bits per heavy atom. The first kappa shape index (κ1) is 10.2. The molecule has 0 bridgehead atoms. The molecule has 1 aromatic rings. The fourth-order valence-electron chi connectivity index (χ4n) is 1.66. The summed E-state index contributed by atoms with van der Waals surface area (Å²) in [5.74, 6) is 0.492. The second-order valence-corrected chi connectivity index (χ2v) is 3.63. The predicted molar refractivity (Wildman–Crippen MR) is 56.6 cm³/mol. The van der Waals surface area contributed by atoms with Crippen molar-refractivity contribution in [3.63, 3.8) is 0 Å². The Balaban J connectivity index is 2.19. The van der Waals surface area contributed by atoms with E-state index in [1.165, 1.54) is 12.1 Å². The number of hydrogen-bond donors (Lipinski definition) is 1. The molecular weight excluding hydrogens is 193 g/mol. The van der Waals surface area contributed by atoms with E-state index in [0.717, 1.165) is 24.2 Å². The minimum Gasteiger partial charge on any atom is -0.496 e. The van der Waals surface area contributed by atoms with Crippen LogP contribution in [0.2, 0.25) is 0 Å². The summed E-state index contributed by atoms with van der Waals surface area (Å²) in [6, 6.07) is 5.98. The van der Waals surface area contributed by atoms with Crippen LogP contribution in [0.5, 0.6) is 0 Å². The molecule has 0 fully saturated rings. The van der Waals surface area contributed by atoms with Crippen molar-refractivity contribution < 1.29 is 9.13 Å². The standard InChI is InChI=1S/C12H14FNO/c13-10-5-3-4-9(8-10)12(14)11-6-1-2-7-15-11/h3-6,8,12H,1-2,7,14H2. The Morgan fingerprint density at radius 2 is 2.27 bits per heavy atom. The van der Waals surface area contributed by atoms with Gasteiger partial charge in [-0.15, -0.1) is 0 Å². The molecule has 0 amide bonds. The van der Waals surface area contributed by atoms with Crippen LogP contribution in [0.3, 0.4) is 0 Å². The third kappa shape index (κ3) is 2.36.